The van der Waals surface area contributed by atoms with E-state index >= 15 is 0 Å². The number of carboxylic acids is 1. The van der Waals surface area contributed by atoms with Crippen molar-refractivity contribution in [2.24, 2.45) is 5.92 Å². The zero-order valence-electron chi connectivity index (χ0n) is 8.38. The molecule has 0 amide bonds. The van der Waals surface area contributed by atoms with E-state index in [2.05, 4.69) is 5.10 Å². The van der Waals surface area contributed by atoms with Crippen LogP contribution in [0.1, 0.15) is 12.6 Å². The molecule has 0 aliphatic heterocycles. The van der Waals surface area contributed by atoms with Crippen molar-refractivity contribution in [3.63, 3.8) is 0 Å². The molecule has 1 atom stereocenters. The summed E-state index contributed by atoms with van der Waals surface area (Å²) in [7, 11) is 0. The molecule has 1 unspecified atom stereocenters. The van der Waals surface area contributed by atoms with E-state index < -0.39 is 16.8 Å². The lowest BCUT2D eigenvalue weighted by Crippen LogP contribution is -2.18. The minimum absolute atomic E-state index is 0.134. The number of carbonyl (C=O) groups is 1. The Labute approximate surface area is 85.5 Å². The van der Waals surface area contributed by atoms with Gasteiger partial charge in [0, 0.05) is 0 Å². The lowest BCUT2D eigenvalue weighted by molar-refractivity contribution is -0.389. The molecule has 0 aromatic carbocycles. The fourth-order valence-corrected chi connectivity index (χ4v) is 1.10. The second kappa shape index (κ2) is 4.07. The maximum Gasteiger partial charge on any atom is 0.390 e. The highest BCUT2D eigenvalue weighted by molar-refractivity contribution is 5.69. The number of aliphatic carboxylic acids is 1. The smallest absolute Gasteiger partial charge is 0.390 e. The number of hydrogen-bond acceptors (Lipinski definition) is 4. The predicted octanol–water partition coefficient (Wildman–Crippen LogP) is 0.820. The van der Waals surface area contributed by atoms with E-state index in [0.29, 0.717) is 5.69 Å². The summed E-state index contributed by atoms with van der Waals surface area (Å²) in [5, 5.41) is 22.8. The molecule has 7 nitrogen and oxygen atoms in total. The summed E-state index contributed by atoms with van der Waals surface area (Å²) in [5.74, 6) is -1.83. The molecule has 1 N–H and O–H groups in total. The number of aromatic nitrogens is 2. The van der Waals surface area contributed by atoms with Gasteiger partial charge in [0.15, 0.2) is 0 Å². The quantitative estimate of drug-likeness (QED) is 0.589. The summed E-state index contributed by atoms with van der Waals surface area (Å²) >= 11 is 0. The summed E-state index contributed by atoms with van der Waals surface area (Å²) in [5.41, 5.74) is 0.579. The first-order chi connectivity index (χ1) is 6.91. The first-order valence-corrected chi connectivity index (χ1v) is 4.33. The summed E-state index contributed by atoms with van der Waals surface area (Å²) in [6.07, 6.45) is 0. The third-order valence-corrected chi connectivity index (χ3v) is 2.02. The third kappa shape index (κ3) is 2.52. The molecular weight excluding hydrogens is 202 g/mol. The molecule has 0 aliphatic carbocycles. The van der Waals surface area contributed by atoms with E-state index in [0.717, 1.165) is 0 Å². The van der Waals surface area contributed by atoms with E-state index in [4.69, 9.17) is 5.11 Å². The molecule has 0 spiro atoms. The van der Waals surface area contributed by atoms with Crippen LogP contribution in [-0.4, -0.2) is 25.8 Å². The molecule has 1 aromatic rings. The zero-order chi connectivity index (χ0) is 11.6. The lowest BCUT2D eigenvalue weighted by Gasteiger charge is -2.03. The molecule has 0 fully saturated rings. The van der Waals surface area contributed by atoms with E-state index in [9.17, 15) is 14.9 Å². The SMILES string of the molecule is Cc1cc([N+](=O)[O-])nn1CC(C)C(=O)O. The maximum absolute atomic E-state index is 10.6. The molecule has 0 saturated heterocycles. The van der Waals surface area contributed by atoms with Gasteiger partial charge in [0.05, 0.1) is 29.3 Å². The summed E-state index contributed by atoms with van der Waals surface area (Å²) in [6.45, 7) is 3.30. The maximum atomic E-state index is 10.6. The molecule has 0 saturated carbocycles. The molecule has 0 aliphatic rings. The Morgan fingerprint density at radius 3 is 2.80 bits per heavy atom. The van der Waals surface area contributed by atoms with Crippen LogP contribution < -0.4 is 0 Å². The van der Waals surface area contributed by atoms with Crippen molar-refractivity contribution >= 4 is 11.8 Å². The van der Waals surface area contributed by atoms with Gasteiger partial charge in [-0.15, -0.1) is 0 Å². The van der Waals surface area contributed by atoms with Crippen LogP contribution in [-0.2, 0) is 11.3 Å². The Kier molecular flexibility index (Phi) is 3.03. The Bertz CT molecular complexity index is 399. The molecule has 82 valence electrons. The zero-order valence-corrected chi connectivity index (χ0v) is 8.38. The minimum atomic E-state index is -0.951. The Morgan fingerprint density at radius 2 is 2.40 bits per heavy atom. The van der Waals surface area contributed by atoms with Crippen LogP contribution in [0.25, 0.3) is 0 Å². The van der Waals surface area contributed by atoms with Crippen LogP contribution in [0.3, 0.4) is 0 Å². The molecule has 7 heteroatoms. The van der Waals surface area contributed by atoms with E-state index in [-0.39, 0.29) is 12.4 Å². The van der Waals surface area contributed by atoms with Crippen LogP contribution in [0.4, 0.5) is 5.82 Å². The summed E-state index contributed by atoms with van der Waals surface area (Å²) in [6, 6.07) is 1.31. The van der Waals surface area contributed by atoms with Gasteiger partial charge in [-0.1, -0.05) is 6.92 Å². The van der Waals surface area contributed by atoms with Crippen molar-refractivity contribution in [2.75, 3.05) is 0 Å². The number of aryl methyl sites for hydroxylation is 1. The first kappa shape index (κ1) is 11.2. The topological polar surface area (TPSA) is 98.3 Å². The highest BCUT2D eigenvalue weighted by Gasteiger charge is 2.19. The molecule has 1 heterocycles. The van der Waals surface area contributed by atoms with E-state index in [1.54, 1.807) is 6.92 Å². The van der Waals surface area contributed by atoms with E-state index in [1.807, 2.05) is 0 Å². The van der Waals surface area contributed by atoms with Gasteiger partial charge in [0.1, 0.15) is 0 Å². The molecule has 1 rings (SSSR count). The van der Waals surface area contributed by atoms with Crippen molar-refractivity contribution in [2.45, 2.75) is 20.4 Å². The first-order valence-electron chi connectivity index (χ1n) is 4.33. The molecular formula is C8H11N3O4. The number of carboxylic acid groups (broad SMARTS) is 1. The number of nitro groups is 1. The number of nitrogens with zero attached hydrogens (tertiary/aromatic N) is 3. The summed E-state index contributed by atoms with van der Waals surface area (Å²) < 4.78 is 1.33. The van der Waals surface area contributed by atoms with Crippen LogP contribution in [0.15, 0.2) is 6.07 Å². The van der Waals surface area contributed by atoms with Crippen molar-refractivity contribution in [3.05, 3.63) is 21.9 Å². The fourth-order valence-electron chi connectivity index (χ4n) is 1.10. The lowest BCUT2D eigenvalue weighted by atomic mass is 10.2. The van der Waals surface area contributed by atoms with Crippen molar-refractivity contribution in [3.8, 4) is 0 Å². The molecule has 1 aromatic heterocycles. The Hall–Kier alpha value is -1.92. The van der Waals surface area contributed by atoms with Gasteiger partial charge in [-0.3, -0.25) is 4.79 Å². The summed E-state index contributed by atoms with van der Waals surface area (Å²) in [4.78, 5) is 20.4. The molecule has 15 heavy (non-hydrogen) atoms. The van der Waals surface area contributed by atoms with Gasteiger partial charge in [0.25, 0.3) is 0 Å². The van der Waals surface area contributed by atoms with Crippen molar-refractivity contribution < 1.29 is 14.8 Å². The third-order valence-electron chi connectivity index (χ3n) is 2.02. The number of hydrogen-bond donors (Lipinski definition) is 1. The van der Waals surface area contributed by atoms with Crippen LogP contribution in [0.2, 0.25) is 0 Å². The predicted molar refractivity (Wildman–Crippen MR) is 50.4 cm³/mol. The average Bonchev–Trinajstić information content (AvgIpc) is 2.47. The molecule has 0 radical (unpaired) electrons. The van der Waals surface area contributed by atoms with Crippen LogP contribution in [0, 0.1) is 23.0 Å². The molecule has 0 bridgehead atoms. The Morgan fingerprint density at radius 1 is 1.80 bits per heavy atom. The van der Waals surface area contributed by atoms with Crippen molar-refractivity contribution in [1.82, 2.24) is 9.78 Å². The second-order valence-electron chi connectivity index (χ2n) is 3.32. The largest absolute Gasteiger partial charge is 0.481 e. The van der Waals surface area contributed by atoms with E-state index in [1.165, 1.54) is 17.7 Å². The normalized spacial score (nSPS) is 12.4. The number of rotatable bonds is 4. The van der Waals surface area contributed by atoms with Gasteiger partial charge >= 0.3 is 11.8 Å². The van der Waals surface area contributed by atoms with Gasteiger partial charge < -0.3 is 15.2 Å². The highest BCUT2D eigenvalue weighted by atomic mass is 16.6. The van der Waals surface area contributed by atoms with Gasteiger partial charge in [-0.2, -0.15) is 4.68 Å². The Balaban J connectivity index is 2.86. The average molecular weight is 213 g/mol. The minimum Gasteiger partial charge on any atom is -0.481 e. The van der Waals surface area contributed by atoms with Crippen LogP contribution >= 0.6 is 0 Å². The highest BCUT2D eigenvalue weighted by Crippen LogP contribution is 2.12. The van der Waals surface area contributed by atoms with Crippen LogP contribution in [0.5, 0.6) is 0 Å². The monoisotopic (exact) mass is 213 g/mol. The van der Waals surface area contributed by atoms with Gasteiger partial charge in [0.2, 0.25) is 0 Å². The van der Waals surface area contributed by atoms with Gasteiger partial charge in [-0.25, -0.2) is 0 Å². The fraction of sp³-hybridized carbons (Fsp3) is 0.500. The van der Waals surface area contributed by atoms with Gasteiger partial charge in [-0.05, 0) is 11.8 Å². The van der Waals surface area contributed by atoms with Crippen molar-refractivity contribution in [1.29, 1.82) is 0 Å². The second-order valence-corrected chi connectivity index (χ2v) is 3.32. The standard InChI is InChI=1S/C8H11N3O4/c1-5(8(12)13)4-10-6(2)3-7(9-10)11(14)15/h3,5H,4H2,1-2H3,(H,12,13).